The number of para-hydroxylation sites is 1. The molecule has 0 atom stereocenters. The van der Waals surface area contributed by atoms with Crippen molar-refractivity contribution in [1.82, 2.24) is 0 Å². The summed E-state index contributed by atoms with van der Waals surface area (Å²) in [6.07, 6.45) is 0. The Morgan fingerprint density at radius 1 is 0.789 bits per heavy atom. The number of hydrogen-bond donors (Lipinski definition) is 3. The second-order valence-corrected chi connectivity index (χ2v) is 4.70. The van der Waals surface area contributed by atoms with Crippen molar-refractivity contribution in [3.05, 3.63) is 52.6 Å². The van der Waals surface area contributed by atoms with Crippen LogP contribution in [-0.4, -0.2) is 10.5 Å². The van der Waals surface area contributed by atoms with Crippen LogP contribution in [0.25, 0.3) is 11.1 Å². The molecular formula is C16H21NO2. The molecule has 0 saturated heterocycles. The van der Waals surface area contributed by atoms with E-state index >= 15 is 0 Å². The van der Waals surface area contributed by atoms with Crippen molar-refractivity contribution in [3.63, 3.8) is 0 Å². The summed E-state index contributed by atoms with van der Waals surface area (Å²) in [7, 11) is 0. The standard InChI is InChI=1S/C16H19N.H2O2/c1-10-9-15(13(4)12(3)11(10)2)14-7-5-6-8-16(14)17;1-2/h5-9H,17H2,1-4H3;1-2H. The largest absolute Gasteiger partial charge is 0.398 e. The van der Waals surface area contributed by atoms with Gasteiger partial charge in [0.15, 0.2) is 0 Å². The maximum Gasteiger partial charge on any atom is 0.0393 e. The summed E-state index contributed by atoms with van der Waals surface area (Å²) >= 11 is 0. The smallest absolute Gasteiger partial charge is 0.0393 e. The highest BCUT2D eigenvalue weighted by Crippen LogP contribution is 2.32. The van der Waals surface area contributed by atoms with E-state index in [2.05, 4.69) is 39.8 Å². The van der Waals surface area contributed by atoms with Crippen LogP contribution in [0.4, 0.5) is 5.69 Å². The molecule has 2 rings (SSSR count). The van der Waals surface area contributed by atoms with Gasteiger partial charge in [-0.25, -0.2) is 0 Å². The number of anilines is 1. The molecule has 4 N–H and O–H groups in total. The molecule has 0 aromatic heterocycles. The minimum atomic E-state index is 0.846. The highest BCUT2D eigenvalue weighted by Gasteiger charge is 2.10. The van der Waals surface area contributed by atoms with E-state index in [4.69, 9.17) is 16.2 Å². The van der Waals surface area contributed by atoms with Crippen LogP contribution in [0, 0.1) is 27.7 Å². The highest BCUT2D eigenvalue weighted by atomic mass is 17.0. The van der Waals surface area contributed by atoms with Gasteiger partial charge in [0.05, 0.1) is 0 Å². The third-order valence-corrected chi connectivity index (χ3v) is 3.73. The summed E-state index contributed by atoms with van der Waals surface area (Å²) in [5.41, 5.74) is 14.7. The zero-order valence-corrected chi connectivity index (χ0v) is 11.9. The molecule has 3 heteroatoms. The quantitative estimate of drug-likeness (QED) is 0.409. The first-order valence-corrected chi connectivity index (χ1v) is 6.14. The lowest BCUT2D eigenvalue weighted by Gasteiger charge is -2.15. The lowest BCUT2D eigenvalue weighted by Crippen LogP contribution is -1.97. The van der Waals surface area contributed by atoms with E-state index < -0.39 is 0 Å². The molecule has 3 nitrogen and oxygen atoms in total. The van der Waals surface area contributed by atoms with E-state index in [1.165, 1.54) is 27.8 Å². The predicted octanol–water partition coefficient (Wildman–Crippen LogP) is 4.19. The molecule has 0 heterocycles. The topological polar surface area (TPSA) is 66.5 Å². The minimum absolute atomic E-state index is 0.846. The van der Waals surface area contributed by atoms with Crippen molar-refractivity contribution in [1.29, 1.82) is 0 Å². The summed E-state index contributed by atoms with van der Waals surface area (Å²) in [6.45, 7) is 8.68. The van der Waals surface area contributed by atoms with Crippen molar-refractivity contribution in [3.8, 4) is 11.1 Å². The van der Waals surface area contributed by atoms with Crippen LogP contribution in [0.1, 0.15) is 22.3 Å². The molecule has 2 aromatic rings. The fourth-order valence-corrected chi connectivity index (χ4v) is 2.23. The first-order chi connectivity index (χ1) is 9.02. The third-order valence-electron chi connectivity index (χ3n) is 3.73. The SMILES string of the molecule is Cc1cc(-c2ccccc2N)c(C)c(C)c1C.OO. The molecule has 0 aliphatic rings. The molecule has 0 bridgehead atoms. The zero-order valence-electron chi connectivity index (χ0n) is 11.9. The predicted molar refractivity (Wildman–Crippen MR) is 80.5 cm³/mol. The van der Waals surface area contributed by atoms with Gasteiger partial charge in [0.2, 0.25) is 0 Å². The molecule has 2 aromatic carbocycles. The number of nitrogen functional groups attached to an aromatic ring is 1. The van der Waals surface area contributed by atoms with E-state index in [1.54, 1.807) is 0 Å². The van der Waals surface area contributed by atoms with E-state index in [-0.39, 0.29) is 0 Å². The first-order valence-electron chi connectivity index (χ1n) is 6.14. The molecule has 0 spiro atoms. The number of aryl methyl sites for hydroxylation is 1. The monoisotopic (exact) mass is 259 g/mol. The van der Waals surface area contributed by atoms with Crippen LogP contribution in [0.5, 0.6) is 0 Å². The van der Waals surface area contributed by atoms with Crippen LogP contribution in [0.3, 0.4) is 0 Å². The highest BCUT2D eigenvalue weighted by molar-refractivity contribution is 5.79. The Hall–Kier alpha value is -1.84. The molecule has 0 aliphatic heterocycles. The molecule has 0 amide bonds. The summed E-state index contributed by atoms with van der Waals surface area (Å²) < 4.78 is 0. The number of rotatable bonds is 1. The Labute approximate surface area is 114 Å². The van der Waals surface area contributed by atoms with Crippen LogP contribution in [0.2, 0.25) is 0 Å². The second kappa shape index (κ2) is 6.36. The maximum atomic E-state index is 6.06. The molecule has 19 heavy (non-hydrogen) atoms. The average molecular weight is 259 g/mol. The minimum Gasteiger partial charge on any atom is -0.398 e. The third kappa shape index (κ3) is 2.95. The van der Waals surface area contributed by atoms with Crippen molar-refractivity contribution in [2.45, 2.75) is 27.7 Å². The Balaban J connectivity index is 0.000000861. The number of nitrogens with two attached hydrogens (primary N) is 1. The van der Waals surface area contributed by atoms with Crippen molar-refractivity contribution >= 4 is 5.69 Å². The van der Waals surface area contributed by atoms with Gasteiger partial charge >= 0.3 is 0 Å². The Morgan fingerprint density at radius 2 is 1.37 bits per heavy atom. The van der Waals surface area contributed by atoms with Crippen molar-refractivity contribution in [2.75, 3.05) is 5.73 Å². The lowest BCUT2D eigenvalue weighted by atomic mass is 9.90. The van der Waals surface area contributed by atoms with Crippen molar-refractivity contribution < 1.29 is 10.5 Å². The van der Waals surface area contributed by atoms with Gasteiger partial charge in [0.25, 0.3) is 0 Å². The Bertz CT molecular complexity index is 577. The van der Waals surface area contributed by atoms with Gasteiger partial charge in [0.1, 0.15) is 0 Å². The van der Waals surface area contributed by atoms with Gasteiger partial charge in [0, 0.05) is 11.3 Å². The van der Waals surface area contributed by atoms with Gasteiger partial charge in [-0.3, -0.25) is 10.5 Å². The first kappa shape index (κ1) is 15.2. The van der Waals surface area contributed by atoms with Gasteiger partial charge in [-0.15, -0.1) is 0 Å². The Morgan fingerprint density at radius 3 is 1.95 bits per heavy atom. The van der Waals surface area contributed by atoms with Gasteiger partial charge in [-0.05, 0) is 61.6 Å². The normalized spacial score (nSPS) is 9.79. The fraction of sp³-hybridized carbons (Fsp3) is 0.250. The fourth-order valence-electron chi connectivity index (χ4n) is 2.23. The molecule has 0 radical (unpaired) electrons. The van der Waals surface area contributed by atoms with Crippen LogP contribution >= 0.6 is 0 Å². The van der Waals surface area contributed by atoms with Crippen LogP contribution < -0.4 is 5.73 Å². The average Bonchev–Trinajstić information content (AvgIpc) is 2.44. The summed E-state index contributed by atoms with van der Waals surface area (Å²) in [5, 5.41) is 12.0. The number of hydrogen-bond acceptors (Lipinski definition) is 3. The number of benzene rings is 2. The Kier molecular flexibility index (Phi) is 5.10. The molecular weight excluding hydrogens is 238 g/mol. The van der Waals surface area contributed by atoms with E-state index in [0.717, 1.165) is 11.3 Å². The summed E-state index contributed by atoms with van der Waals surface area (Å²) in [6, 6.07) is 10.3. The lowest BCUT2D eigenvalue weighted by molar-refractivity contribution is -0.176. The van der Waals surface area contributed by atoms with Gasteiger partial charge in [-0.1, -0.05) is 24.3 Å². The van der Waals surface area contributed by atoms with Crippen LogP contribution in [0.15, 0.2) is 30.3 Å². The summed E-state index contributed by atoms with van der Waals surface area (Å²) in [5.74, 6) is 0. The summed E-state index contributed by atoms with van der Waals surface area (Å²) in [4.78, 5) is 0. The molecule has 0 unspecified atom stereocenters. The van der Waals surface area contributed by atoms with E-state index in [0.29, 0.717) is 0 Å². The zero-order chi connectivity index (χ0) is 14.6. The van der Waals surface area contributed by atoms with Gasteiger partial charge < -0.3 is 5.73 Å². The maximum absolute atomic E-state index is 6.06. The molecule has 0 fully saturated rings. The van der Waals surface area contributed by atoms with Crippen LogP contribution in [-0.2, 0) is 0 Å². The van der Waals surface area contributed by atoms with Crippen molar-refractivity contribution in [2.24, 2.45) is 0 Å². The second-order valence-electron chi connectivity index (χ2n) is 4.70. The molecule has 0 aliphatic carbocycles. The molecule has 102 valence electrons. The molecule has 0 saturated carbocycles. The van der Waals surface area contributed by atoms with Gasteiger partial charge in [-0.2, -0.15) is 0 Å². The van der Waals surface area contributed by atoms with E-state index in [9.17, 15) is 0 Å². The van der Waals surface area contributed by atoms with E-state index in [1.807, 2.05) is 18.2 Å².